The van der Waals surface area contributed by atoms with Gasteiger partial charge in [-0.15, -0.1) is 0 Å². The number of alkyl carbamates (subject to hydrolysis) is 2. The Balaban J connectivity index is 0.000000209. The number of nitrogens with one attached hydrogen (secondary N) is 5. The number of aromatic nitrogens is 6. The molecule has 0 saturated heterocycles. The zero-order valence-electron chi connectivity index (χ0n) is 32.4. The van der Waals surface area contributed by atoms with Crippen LogP contribution in [0.25, 0.3) is 22.1 Å². The first-order chi connectivity index (χ1) is 27.6. The number of aromatic amines is 2. The molecule has 3 amide bonds. The van der Waals surface area contributed by atoms with Gasteiger partial charge in [-0.1, -0.05) is 35.4 Å². The van der Waals surface area contributed by atoms with Gasteiger partial charge >= 0.3 is 18.2 Å². The molecule has 17 heteroatoms. The van der Waals surface area contributed by atoms with Gasteiger partial charge in [0.25, 0.3) is 0 Å². The van der Waals surface area contributed by atoms with Gasteiger partial charge in [0.2, 0.25) is 5.91 Å². The highest BCUT2D eigenvalue weighted by Crippen LogP contribution is 2.19. The average Bonchev–Trinajstić information content (AvgIpc) is 3.85. The molecule has 6 rings (SSSR count). The number of hydrogen-bond acceptors (Lipinski definition) is 11. The SMILES string of the molecule is CNC(=O)OCCN(C(=O)CCc1[nH]nc2ncccc12)c1ccc(C)cc1.CNC(=O)OCCNc1ccc(C)cc1.O=C(O)CCc1[nH]nc2ncccc12. The van der Waals surface area contributed by atoms with E-state index in [1.165, 1.54) is 19.7 Å². The average molecular weight is 781 g/mol. The maximum Gasteiger partial charge on any atom is 0.406 e. The number of carbonyl (C=O) groups excluding carboxylic acids is 3. The third-order valence-electron chi connectivity index (χ3n) is 8.31. The summed E-state index contributed by atoms with van der Waals surface area (Å²) in [6, 6.07) is 23.2. The number of benzene rings is 2. The van der Waals surface area contributed by atoms with Crippen molar-refractivity contribution in [1.29, 1.82) is 0 Å². The predicted octanol–water partition coefficient (Wildman–Crippen LogP) is 5.33. The van der Waals surface area contributed by atoms with Gasteiger partial charge in [-0.3, -0.25) is 19.8 Å². The predicted molar refractivity (Wildman–Crippen MR) is 216 cm³/mol. The molecule has 17 nitrogen and oxygen atoms in total. The van der Waals surface area contributed by atoms with Crippen molar-refractivity contribution in [2.75, 3.05) is 50.6 Å². The van der Waals surface area contributed by atoms with Crippen LogP contribution in [0, 0.1) is 13.8 Å². The number of H-pyrrole nitrogens is 2. The summed E-state index contributed by atoms with van der Waals surface area (Å²) >= 11 is 0. The lowest BCUT2D eigenvalue weighted by molar-refractivity contribution is -0.137. The van der Waals surface area contributed by atoms with Crippen molar-refractivity contribution in [3.63, 3.8) is 0 Å². The molecule has 0 fully saturated rings. The number of hydrogen-bond donors (Lipinski definition) is 6. The molecular weight excluding hydrogens is 733 g/mol. The standard InChI is InChI=1S/C20H23N5O3.C11H16N2O2.C9H9N3O2/c1-14-5-7-15(8-6-14)25(12-13-28-20(27)21-2)18(26)10-9-17-16-4-3-11-22-19(16)24-23-17;1-9-3-5-10(6-4-9)13-7-8-15-11(14)12-2;13-8(14)4-3-7-6-2-1-5-10-9(6)12-11-7/h3-8,11H,9-10,12-13H2,1-2H3,(H,21,27)(H,22,23,24);3-6,13H,7-8H2,1-2H3,(H,12,14);1-2,5H,3-4H2,(H,13,14)(H,10,11,12). The van der Waals surface area contributed by atoms with Crippen LogP contribution in [0.15, 0.2) is 85.2 Å². The minimum Gasteiger partial charge on any atom is -0.481 e. The van der Waals surface area contributed by atoms with Crippen LogP contribution in [-0.2, 0) is 31.9 Å². The molecule has 0 aliphatic rings. The zero-order chi connectivity index (χ0) is 41.0. The highest BCUT2D eigenvalue weighted by Gasteiger charge is 2.18. The third kappa shape index (κ3) is 14.0. The monoisotopic (exact) mass is 780 g/mol. The van der Waals surface area contributed by atoms with E-state index in [0.29, 0.717) is 43.7 Å². The minimum atomic E-state index is -0.809. The Hall–Kier alpha value is -7.04. The molecule has 0 atom stereocenters. The van der Waals surface area contributed by atoms with Crippen molar-refractivity contribution >= 4 is 57.5 Å². The Morgan fingerprint density at radius 3 is 1.74 bits per heavy atom. The largest absolute Gasteiger partial charge is 0.481 e. The summed E-state index contributed by atoms with van der Waals surface area (Å²) in [7, 11) is 3.03. The first-order valence-electron chi connectivity index (χ1n) is 18.2. The van der Waals surface area contributed by atoms with E-state index in [9.17, 15) is 19.2 Å². The van der Waals surface area contributed by atoms with Gasteiger partial charge in [-0.25, -0.2) is 19.6 Å². The van der Waals surface area contributed by atoms with E-state index in [1.54, 1.807) is 17.3 Å². The fourth-order valence-corrected chi connectivity index (χ4v) is 5.29. The fraction of sp³-hybridized carbons (Fsp3) is 0.300. The van der Waals surface area contributed by atoms with Gasteiger partial charge in [0, 0.05) is 79.4 Å². The lowest BCUT2D eigenvalue weighted by Crippen LogP contribution is -2.35. The second-order valence-corrected chi connectivity index (χ2v) is 12.5. The van der Waals surface area contributed by atoms with E-state index in [4.69, 9.17) is 14.6 Å². The number of aryl methyl sites for hydroxylation is 4. The van der Waals surface area contributed by atoms with Crippen molar-refractivity contribution in [2.24, 2.45) is 0 Å². The number of rotatable bonds is 14. The van der Waals surface area contributed by atoms with Gasteiger partial charge in [-0.2, -0.15) is 10.2 Å². The Bertz CT molecular complexity index is 2190. The zero-order valence-corrected chi connectivity index (χ0v) is 32.4. The number of ether oxygens (including phenoxy) is 2. The summed E-state index contributed by atoms with van der Waals surface area (Å²) < 4.78 is 9.88. The van der Waals surface area contributed by atoms with Crippen LogP contribution in [0.5, 0.6) is 0 Å². The highest BCUT2D eigenvalue weighted by atomic mass is 16.6. The fourth-order valence-electron chi connectivity index (χ4n) is 5.29. The van der Waals surface area contributed by atoms with Crippen molar-refractivity contribution in [2.45, 2.75) is 39.5 Å². The van der Waals surface area contributed by atoms with Crippen LogP contribution in [0.2, 0.25) is 0 Å². The summed E-state index contributed by atoms with van der Waals surface area (Å²) in [6.45, 7) is 5.38. The third-order valence-corrected chi connectivity index (χ3v) is 8.31. The molecule has 0 unspecified atom stereocenters. The van der Waals surface area contributed by atoms with Gasteiger partial charge in [0.1, 0.15) is 13.2 Å². The van der Waals surface area contributed by atoms with E-state index in [1.807, 2.05) is 86.6 Å². The van der Waals surface area contributed by atoms with Gasteiger partial charge < -0.3 is 35.4 Å². The molecule has 0 bridgehead atoms. The number of fused-ring (bicyclic) bond motifs is 2. The number of carbonyl (C=O) groups is 4. The number of amides is 3. The van der Waals surface area contributed by atoms with Gasteiger partial charge in [0.05, 0.1) is 13.0 Å². The Labute approximate surface area is 329 Å². The maximum absolute atomic E-state index is 12.9. The molecule has 6 aromatic rings. The molecule has 4 aromatic heterocycles. The van der Waals surface area contributed by atoms with Crippen LogP contribution in [0.4, 0.5) is 21.0 Å². The minimum absolute atomic E-state index is 0.0593. The number of carboxylic acid groups (broad SMARTS) is 1. The van der Waals surface area contributed by atoms with Crippen LogP contribution in [-0.4, -0.2) is 99.9 Å². The molecule has 300 valence electrons. The molecular formula is C40H48N10O7. The molecule has 0 radical (unpaired) electrons. The molecule has 0 saturated carbocycles. The van der Waals surface area contributed by atoms with Crippen molar-refractivity contribution in [1.82, 2.24) is 41.0 Å². The van der Waals surface area contributed by atoms with E-state index >= 15 is 0 Å². The molecule has 2 aromatic carbocycles. The summed E-state index contributed by atoms with van der Waals surface area (Å²) in [6.07, 6.45) is 3.78. The molecule has 4 heterocycles. The topological polar surface area (TPSA) is 229 Å². The molecule has 0 aliphatic heterocycles. The maximum atomic E-state index is 12.9. The van der Waals surface area contributed by atoms with Crippen LogP contribution >= 0.6 is 0 Å². The van der Waals surface area contributed by atoms with E-state index in [2.05, 4.69) is 46.3 Å². The van der Waals surface area contributed by atoms with Gasteiger partial charge in [-0.05, 0) is 68.8 Å². The Morgan fingerprint density at radius 2 is 1.21 bits per heavy atom. The first kappa shape index (κ1) is 42.7. The quantitative estimate of drug-likeness (QED) is 0.0772. The Morgan fingerprint density at radius 1 is 0.702 bits per heavy atom. The number of carboxylic acids is 1. The van der Waals surface area contributed by atoms with E-state index in [0.717, 1.165) is 39.1 Å². The van der Waals surface area contributed by atoms with Crippen molar-refractivity contribution in [3.8, 4) is 0 Å². The summed E-state index contributed by atoms with van der Waals surface area (Å²) in [5, 5.41) is 32.2. The van der Waals surface area contributed by atoms with Gasteiger partial charge in [0.15, 0.2) is 11.3 Å². The van der Waals surface area contributed by atoms with Crippen LogP contribution in [0.3, 0.4) is 0 Å². The van der Waals surface area contributed by atoms with Crippen LogP contribution < -0.4 is 20.9 Å². The number of nitrogens with zero attached hydrogens (tertiary/aromatic N) is 5. The Kier molecular flexibility index (Phi) is 16.8. The number of pyridine rings is 2. The lowest BCUT2D eigenvalue weighted by Gasteiger charge is -2.23. The van der Waals surface area contributed by atoms with Crippen LogP contribution in [0.1, 0.15) is 35.4 Å². The smallest absolute Gasteiger partial charge is 0.406 e. The summed E-state index contributed by atoms with van der Waals surface area (Å²) in [4.78, 5) is 55.2. The van der Waals surface area contributed by atoms with E-state index < -0.39 is 18.2 Å². The first-order valence-corrected chi connectivity index (χ1v) is 18.2. The molecule has 6 N–H and O–H groups in total. The van der Waals surface area contributed by atoms with Crippen molar-refractivity contribution < 1.29 is 33.8 Å². The van der Waals surface area contributed by atoms with E-state index in [-0.39, 0.29) is 25.5 Å². The summed E-state index contributed by atoms with van der Waals surface area (Å²) in [5.74, 6) is -0.868. The number of anilines is 2. The highest BCUT2D eigenvalue weighted by molar-refractivity contribution is 5.94. The molecule has 57 heavy (non-hydrogen) atoms. The van der Waals surface area contributed by atoms with Crippen molar-refractivity contribution in [3.05, 3.63) is 108 Å². The second-order valence-electron chi connectivity index (χ2n) is 12.5. The lowest BCUT2D eigenvalue weighted by atomic mass is 10.1. The number of aliphatic carboxylic acids is 1. The second kappa shape index (κ2) is 22.4. The summed E-state index contributed by atoms with van der Waals surface area (Å²) in [5.41, 5.74) is 7.11. The molecule has 0 spiro atoms. The molecule has 0 aliphatic carbocycles. The normalized spacial score (nSPS) is 10.3.